The summed E-state index contributed by atoms with van der Waals surface area (Å²) in [5.41, 5.74) is 4.40. The van der Waals surface area contributed by atoms with Crippen molar-refractivity contribution in [1.29, 1.82) is 0 Å². The monoisotopic (exact) mass is 404 g/mol. The predicted octanol–water partition coefficient (Wildman–Crippen LogP) is 5.30. The number of aryl methyl sites for hydroxylation is 1. The summed E-state index contributed by atoms with van der Waals surface area (Å²) in [4.78, 5) is 26.2. The topological polar surface area (TPSA) is 51.1 Å². The highest BCUT2D eigenvalue weighted by atomic mass is 32.2. The van der Waals surface area contributed by atoms with Crippen LogP contribution in [0.1, 0.15) is 41.7 Å². The molecule has 1 amide bonds. The molecule has 1 aromatic heterocycles. The summed E-state index contributed by atoms with van der Waals surface area (Å²) < 4.78 is 1.95. The van der Waals surface area contributed by atoms with Gasteiger partial charge in [-0.2, -0.15) is 0 Å². The number of para-hydroxylation sites is 1. The summed E-state index contributed by atoms with van der Waals surface area (Å²) >= 11 is 1.53. The van der Waals surface area contributed by atoms with Crippen LogP contribution in [-0.4, -0.2) is 22.1 Å². The van der Waals surface area contributed by atoms with Gasteiger partial charge in [0.15, 0.2) is 0 Å². The normalized spacial score (nSPS) is 15.9. The minimum atomic E-state index is 0.105. The molecule has 0 saturated heterocycles. The quantitative estimate of drug-likeness (QED) is 0.587. The molecule has 3 aromatic rings. The van der Waals surface area contributed by atoms with Crippen molar-refractivity contribution in [2.24, 2.45) is 5.92 Å². The highest BCUT2D eigenvalue weighted by Gasteiger charge is 2.29. The van der Waals surface area contributed by atoms with Crippen molar-refractivity contribution in [3.63, 3.8) is 0 Å². The molecule has 1 heterocycles. The van der Waals surface area contributed by atoms with Crippen LogP contribution in [0.15, 0.2) is 53.4 Å². The lowest BCUT2D eigenvalue weighted by Gasteiger charge is -2.15. The van der Waals surface area contributed by atoms with Gasteiger partial charge in [-0.05, 0) is 68.4 Å². The van der Waals surface area contributed by atoms with Gasteiger partial charge in [0.25, 0.3) is 0 Å². The zero-order chi connectivity index (χ0) is 19.8. The molecule has 0 atom stereocenters. The third-order valence-corrected chi connectivity index (χ3v) is 6.82. The van der Waals surface area contributed by atoms with E-state index in [0.29, 0.717) is 5.75 Å². The van der Waals surface area contributed by atoms with E-state index in [-0.39, 0.29) is 17.7 Å². The van der Waals surface area contributed by atoms with E-state index >= 15 is 0 Å². The first-order chi connectivity index (χ1) is 14.2. The molecule has 148 valence electrons. The van der Waals surface area contributed by atoms with Crippen molar-refractivity contribution in [2.45, 2.75) is 43.4 Å². The number of rotatable bonds is 5. The van der Waals surface area contributed by atoms with Crippen LogP contribution in [0.25, 0.3) is 10.9 Å². The summed E-state index contributed by atoms with van der Waals surface area (Å²) in [5.74, 6) is 0.794. The van der Waals surface area contributed by atoms with E-state index in [2.05, 4.69) is 23.5 Å². The van der Waals surface area contributed by atoms with E-state index in [1.165, 1.54) is 34.8 Å². The molecule has 4 nitrogen and oxygen atoms in total. The van der Waals surface area contributed by atoms with Gasteiger partial charge in [-0.15, -0.1) is 11.8 Å². The number of aromatic nitrogens is 1. The number of benzene rings is 2. The van der Waals surface area contributed by atoms with Crippen molar-refractivity contribution in [1.82, 2.24) is 4.57 Å². The van der Waals surface area contributed by atoms with Crippen molar-refractivity contribution >= 4 is 40.2 Å². The molecule has 5 heteroatoms. The lowest BCUT2D eigenvalue weighted by Crippen LogP contribution is -2.18. The zero-order valence-electron chi connectivity index (χ0n) is 16.3. The van der Waals surface area contributed by atoms with Crippen LogP contribution < -0.4 is 5.32 Å². The first-order valence-corrected chi connectivity index (χ1v) is 11.4. The maximum absolute atomic E-state index is 13.2. The molecule has 1 N–H and O–H groups in total. The molecule has 0 bridgehead atoms. The molecule has 0 aliphatic heterocycles. The third-order valence-electron chi connectivity index (χ3n) is 5.84. The van der Waals surface area contributed by atoms with Gasteiger partial charge in [-0.3, -0.25) is 14.2 Å². The molecule has 2 aliphatic rings. The number of hydrogen-bond acceptors (Lipinski definition) is 3. The second-order valence-corrected chi connectivity index (χ2v) is 9.01. The Bertz CT molecular complexity index is 1100. The average molecular weight is 405 g/mol. The number of carbonyl (C=O) groups is 2. The van der Waals surface area contributed by atoms with Crippen LogP contribution in [0.4, 0.5) is 5.69 Å². The van der Waals surface area contributed by atoms with Crippen LogP contribution >= 0.6 is 11.8 Å². The van der Waals surface area contributed by atoms with Gasteiger partial charge < -0.3 is 5.32 Å². The highest BCUT2D eigenvalue weighted by Crippen LogP contribution is 2.33. The summed E-state index contributed by atoms with van der Waals surface area (Å²) in [6.45, 7) is 0. The van der Waals surface area contributed by atoms with E-state index < -0.39 is 0 Å². The minimum absolute atomic E-state index is 0.105. The van der Waals surface area contributed by atoms with Gasteiger partial charge in [-0.1, -0.05) is 24.3 Å². The van der Waals surface area contributed by atoms with Crippen LogP contribution in [0, 0.1) is 5.92 Å². The van der Waals surface area contributed by atoms with E-state index in [1.54, 1.807) is 0 Å². The van der Waals surface area contributed by atoms with Crippen molar-refractivity contribution in [3.8, 4) is 0 Å². The first-order valence-electron chi connectivity index (χ1n) is 10.4. The Morgan fingerprint density at radius 3 is 2.72 bits per heavy atom. The van der Waals surface area contributed by atoms with Crippen molar-refractivity contribution in [2.75, 3.05) is 11.1 Å². The highest BCUT2D eigenvalue weighted by molar-refractivity contribution is 8.00. The summed E-state index contributed by atoms with van der Waals surface area (Å²) in [7, 11) is 0. The second kappa shape index (κ2) is 7.71. The maximum atomic E-state index is 13.2. The molecular formula is C24H24N2O2S. The number of nitrogens with zero attached hydrogens (tertiary/aromatic N) is 1. The molecule has 29 heavy (non-hydrogen) atoms. The fraction of sp³-hybridized carbons (Fsp3) is 0.333. The smallest absolute Gasteiger partial charge is 0.241 e. The molecule has 0 radical (unpaired) electrons. The van der Waals surface area contributed by atoms with E-state index in [1.807, 2.05) is 34.9 Å². The number of carbonyl (C=O) groups excluding carboxylic acids is 2. The van der Waals surface area contributed by atoms with Gasteiger partial charge >= 0.3 is 0 Å². The Morgan fingerprint density at radius 1 is 1.03 bits per heavy atom. The lowest BCUT2D eigenvalue weighted by molar-refractivity contribution is -0.117. The van der Waals surface area contributed by atoms with Gasteiger partial charge in [-0.25, -0.2) is 0 Å². The standard InChI is InChI=1S/C24H24N2O2S/c27-23(15-29-18-7-5-6-17(14-18)25-24(28)16-12-13-16)26-21-10-3-1-8-19(21)20-9-2-4-11-22(20)26/h1,3,5-8,10,14,16H,2,4,9,11-13,15H2,(H,25,28). The van der Waals surface area contributed by atoms with Crippen LogP contribution in [0.5, 0.6) is 0 Å². The number of thioether (sulfide) groups is 1. The van der Waals surface area contributed by atoms with E-state index in [9.17, 15) is 9.59 Å². The molecule has 1 fully saturated rings. The number of anilines is 1. The van der Waals surface area contributed by atoms with Crippen molar-refractivity contribution < 1.29 is 9.59 Å². The molecule has 0 unspecified atom stereocenters. The Balaban J connectivity index is 1.34. The van der Waals surface area contributed by atoms with Crippen LogP contribution in [-0.2, 0) is 17.6 Å². The Hall–Kier alpha value is -2.53. The fourth-order valence-electron chi connectivity index (χ4n) is 4.24. The summed E-state index contributed by atoms with van der Waals surface area (Å²) in [6.07, 6.45) is 6.36. The van der Waals surface area contributed by atoms with Gasteiger partial charge in [0.05, 0.1) is 11.3 Å². The van der Waals surface area contributed by atoms with E-state index in [0.717, 1.165) is 48.2 Å². The SMILES string of the molecule is O=C(Nc1cccc(SCC(=O)n2c3c(c4ccccc42)CCCC3)c1)C1CC1. The molecule has 5 rings (SSSR count). The fourth-order valence-corrected chi connectivity index (χ4v) is 5.05. The Kier molecular flexibility index (Phi) is 4.92. The summed E-state index contributed by atoms with van der Waals surface area (Å²) in [6, 6.07) is 16.1. The van der Waals surface area contributed by atoms with E-state index in [4.69, 9.17) is 0 Å². The minimum Gasteiger partial charge on any atom is -0.326 e. The Labute approximate surface area is 174 Å². The number of amides is 1. The van der Waals surface area contributed by atoms with Gasteiger partial charge in [0, 0.05) is 27.6 Å². The average Bonchev–Trinajstić information content (AvgIpc) is 3.55. The van der Waals surface area contributed by atoms with Crippen LogP contribution in [0.3, 0.4) is 0 Å². The maximum Gasteiger partial charge on any atom is 0.241 e. The molecule has 2 aromatic carbocycles. The predicted molar refractivity (Wildman–Crippen MR) is 118 cm³/mol. The first kappa shape index (κ1) is 18.5. The largest absolute Gasteiger partial charge is 0.326 e. The molecule has 0 spiro atoms. The Morgan fingerprint density at radius 2 is 1.86 bits per heavy atom. The third kappa shape index (κ3) is 3.71. The zero-order valence-corrected chi connectivity index (χ0v) is 17.1. The molecular weight excluding hydrogens is 380 g/mol. The van der Waals surface area contributed by atoms with Gasteiger partial charge in [0.1, 0.15) is 0 Å². The number of fused-ring (bicyclic) bond motifs is 3. The second-order valence-electron chi connectivity index (χ2n) is 7.96. The summed E-state index contributed by atoms with van der Waals surface area (Å²) in [5, 5.41) is 4.21. The molecule has 1 saturated carbocycles. The number of nitrogens with one attached hydrogen (secondary N) is 1. The van der Waals surface area contributed by atoms with Crippen molar-refractivity contribution in [3.05, 3.63) is 59.8 Å². The van der Waals surface area contributed by atoms with Gasteiger partial charge in [0.2, 0.25) is 11.8 Å². The van der Waals surface area contributed by atoms with Crippen LogP contribution in [0.2, 0.25) is 0 Å². The lowest BCUT2D eigenvalue weighted by atomic mass is 9.96. The molecule has 2 aliphatic carbocycles. The number of hydrogen-bond donors (Lipinski definition) is 1.